The molecular formula is C21H22ClFN4O. The Kier molecular flexibility index (Phi) is 5.63. The quantitative estimate of drug-likeness (QED) is 0.716. The largest absolute Gasteiger partial charge is 0.493 e. The summed E-state index contributed by atoms with van der Waals surface area (Å²) in [5.41, 5.74) is 0.0462. The van der Waals surface area contributed by atoms with Crippen molar-refractivity contribution in [2.75, 3.05) is 24.6 Å². The van der Waals surface area contributed by atoms with E-state index in [1.807, 2.05) is 6.07 Å². The lowest BCUT2D eigenvalue weighted by molar-refractivity contribution is 0.283. The topological polar surface area (TPSA) is 62.0 Å². The SMILES string of the molecule is N#Cc1ccc(OCC[C@@H]2C[C@@H]2C2CCN(c3ncc(Cl)cn3)CC2)cc1F. The van der Waals surface area contributed by atoms with Crippen LogP contribution in [0.15, 0.2) is 30.6 Å². The van der Waals surface area contributed by atoms with Crippen LogP contribution in [0.1, 0.15) is 31.2 Å². The Hall–Kier alpha value is -2.39. The van der Waals surface area contributed by atoms with Crippen LogP contribution in [0.4, 0.5) is 10.3 Å². The van der Waals surface area contributed by atoms with Crippen LogP contribution >= 0.6 is 11.6 Å². The van der Waals surface area contributed by atoms with Gasteiger partial charge in [0.05, 0.1) is 29.6 Å². The molecule has 2 fully saturated rings. The fourth-order valence-corrected chi connectivity index (χ4v) is 4.28. The Labute approximate surface area is 169 Å². The minimum absolute atomic E-state index is 0.0462. The Balaban J connectivity index is 1.19. The first-order chi connectivity index (χ1) is 13.6. The summed E-state index contributed by atoms with van der Waals surface area (Å²) >= 11 is 5.86. The van der Waals surface area contributed by atoms with Gasteiger partial charge in [-0.2, -0.15) is 5.26 Å². The highest BCUT2D eigenvalue weighted by molar-refractivity contribution is 6.30. The molecule has 146 valence electrons. The molecule has 1 aromatic carbocycles. The van der Waals surface area contributed by atoms with E-state index in [9.17, 15) is 4.39 Å². The van der Waals surface area contributed by atoms with Gasteiger partial charge < -0.3 is 9.64 Å². The van der Waals surface area contributed by atoms with Gasteiger partial charge in [0.2, 0.25) is 5.95 Å². The number of hydrogen-bond donors (Lipinski definition) is 0. The van der Waals surface area contributed by atoms with E-state index in [0.717, 1.165) is 50.1 Å². The predicted octanol–water partition coefficient (Wildman–Crippen LogP) is 4.46. The van der Waals surface area contributed by atoms with E-state index in [4.69, 9.17) is 21.6 Å². The highest BCUT2D eigenvalue weighted by Gasteiger charge is 2.43. The number of benzene rings is 1. The molecule has 1 aliphatic heterocycles. The average molecular weight is 401 g/mol. The molecule has 2 aliphatic rings. The monoisotopic (exact) mass is 400 g/mol. The highest BCUT2D eigenvalue weighted by Crippen LogP contribution is 2.49. The molecule has 0 spiro atoms. The number of halogens is 2. The molecule has 2 heterocycles. The summed E-state index contributed by atoms with van der Waals surface area (Å²) in [6.07, 6.45) is 7.86. The van der Waals surface area contributed by atoms with Crippen LogP contribution in [0.3, 0.4) is 0 Å². The van der Waals surface area contributed by atoms with Crippen molar-refractivity contribution < 1.29 is 9.13 Å². The zero-order chi connectivity index (χ0) is 19.5. The molecular weight excluding hydrogens is 379 g/mol. The smallest absolute Gasteiger partial charge is 0.225 e. The number of anilines is 1. The summed E-state index contributed by atoms with van der Waals surface area (Å²) in [6, 6.07) is 6.22. The van der Waals surface area contributed by atoms with Crippen molar-refractivity contribution in [3.8, 4) is 11.8 Å². The van der Waals surface area contributed by atoms with Crippen LogP contribution in [0.25, 0.3) is 0 Å². The van der Waals surface area contributed by atoms with E-state index in [1.165, 1.54) is 18.6 Å². The molecule has 7 heteroatoms. The molecule has 1 saturated heterocycles. The molecule has 4 rings (SSSR count). The Bertz CT molecular complexity index is 862. The van der Waals surface area contributed by atoms with Crippen LogP contribution in [0.2, 0.25) is 5.02 Å². The average Bonchev–Trinajstić information content (AvgIpc) is 3.48. The van der Waals surface area contributed by atoms with Gasteiger partial charge in [-0.15, -0.1) is 0 Å². The molecule has 5 nitrogen and oxygen atoms in total. The molecule has 0 N–H and O–H groups in total. The molecule has 0 bridgehead atoms. The number of nitrogens with zero attached hydrogens (tertiary/aromatic N) is 4. The number of rotatable bonds is 6. The first-order valence-corrected chi connectivity index (χ1v) is 10.1. The standard InChI is InChI=1S/C21H22ClFN4O/c22-17-12-25-21(26-13-17)27-6-3-14(4-7-27)19-9-15(19)5-8-28-18-2-1-16(11-24)20(23)10-18/h1-2,10,12-15,19H,3-9H2/t15-,19-/m1/s1. The third kappa shape index (κ3) is 4.36. The molecule has 1 saturated carbocycles. The summed E-state index contributed by atoms with van der Waals surface area (Å²) in [4.78, 5) is 10.9. The first kappa shape index (κ1) is 18.9. The van der Waals surface area contributed by atoms with Crippen molar-refractivity contribution in [3.05, 3.63) is 47.0 Å². The van der Waals surface area contributed by atoms with Crippen molar-refractivity contribution in [1.29, 1.82) is 5.26 Å². The van der Waals surface area contributed by atoms with Gasteiger partial charge in [-0.25, -0.2) is 14.4 Å². The molecule has 0 unspecified atom stereocenters. The van der Waals surface area contributed by atoms with Gasteiger partial charge in [0.15, 0.2) is 0 Å². The van der Waals surface area contributed by atoms with Crippen LogP contribution in [0.5, 0.6) is 5.75 Å². The first-order valence-electron chi connectivity index (χ1n) is 9.69. The zero-order valence-electron chi connectivity index (χ0n) is 15.5. The van der Waals surface area contributed by atoms with Crippen LogP contribution in [0, 0.1) is 34.9 Å². The van der Waals surface area contributed by atoms with E-state index in [2.05, 4.69) is 14.9 Å². The van der Waals surface area contributed by atoms with E-state index in [0.29, 0.717) is 23.3 Å². The molecule has 28 heavy (non-hydrogen) atoms. The van der Waals surface area contributed by atoms with E-state index < -0.39 is 5.82 Å². The number of piperidine rings is 1. The zero-order valence-corrected chi connectivity index (χ0v) is 16.3. The van der Waals surface area contributed by atoms with E-state index in [-0.39, 0.29) is 5.56 Å². The van der Waals surface area contributed by atoms with Gasteiger partial charge in [0, 0.05) is 19.2 Å². The summed E-state index contributed by atoms with van der Waals surface area (Å²) in [5, 5.41) is 9.33. The predicted molar refractivity (Wildman–Crippen MR) is 105 cm³/mol. The van der Waals surface area contributed by atoms with Crippen molar-refractivity contribution in [3.63, 3.8) is 0 Å². The van der Waals surface area contributed by atoms with Crippen molar-refractivity contribution in [1.82, 2.24) is 9.97 Å². The Morgan fingerprint density at radius 3 is 2.68 bits per heavy atom. The van der Waals surface area contributed by atoms with Gasteiger partial charge >= 0.3 is 0 Å². The lowest BCUT2D eigenvalue weighted by atomic mass is 9.90. The van der Waals surface area contributed by atoms with Crippen LogP contribution < -0.4 is 9.64 Å². The van der Waals surface area contributed by atoms with Gasteiger partial charge in [-0.3, -0.25) is 0 Å². The Morgan fingerprint density at radius 2 is 2.00 bits per heavy atom. The highest BCUT2D eigenvalue weighted by atomic mass is 35.5. The van der Waals surface area contributed by atoms with Gasteiger partial charge in [-0.1, -0.05) is 11.6 Å². The summed E-state index contributed by atoms with van der Waals surface area (Å²) in [7, 11) is 0. The Morgan fingerprint density at radius 1 is 1.25 bits per heavy atom. The second-order valence-corrected chi connectivity index (χ2v) is 8.01. The number of aromatic nitrogens is 2. The number of ether oxygens (including phenoxy) is 1. The van der Waals surface area contributed by atoms with Crippen LogP contribution in [-0.2, 0) is 0 Å². The van der Waals surface area contributed by atoms with Crippen molar-refractivity contribution in [2.24, 2.45) is 17.8 Å². The van der Waals surface area contributed by atoms with Crippen molar-refractivity contribution >= 4 is 17.5 Å². The summed E-state index contributed by atoms with van der Waals surface area (Å²) in [6.45, 7) is 2.55. The minimum atomic E-state index is -0.527. The fourth-order valence-electron chi connectivity index (χ4n) is 4.18. The van der Waals surface area contributed by atoms with Gasteiger partial charge in [0.1, 0.15) is 17.6 Å². The maximum atomic E-state index is 13.6. The van der Waals surface area contributed by atoms with Gasteiger partial charge in [0.25, 0.3) is 0 Å². The maximum Gasteiger partial charge on any atom is 0.225 e. The minimum Gasteiger partial charge on any atom is -0.493 e. The van der Waals surface area contributed by atoms with Crippen molar-refractivity contribution in [2.45, 2.75) is 25.7 Å². The van der Waals surface area contributed by atoms with Gasteiger partial charge in [-0.05, 0) is 55.6 Å². The molecule has 1 aromatic heterocycles. The molecule has 2 aromatic rings. The second-order valence-electron chi connectivity index (χ2n) is 7.58. The number of hydrogen-bond acceptors (Lipinski definition) is 5. The lowest BCUT2D eigenvalue weighted by Gasteiger charge is -2.32. The summed E-state index contributed by atoms with van der Waals surface area (Å²) < 4.78 is 19.3. The molecule has 2 atom stereocenters. The third-order valence-corrected chi connectivity index (χ3v) is 6.03. The maximum absolute atomic E-state index is 13.6. The second kappa shape index (κ2) is 8.32. The van der Waals surface area contributed by atoms with E-state index in [1.54, 1.807) is 18.5 Å². The lowest BCUT2D eigenvalue weighted by Crippen LogP contribution is -2.35. The normalized spacial score (nSPS) is 22.0. The van der Waals surface area contributed by atoms with E-state index >= 15 is 0 Å². The third-order valence-electron chi connectivity index (χ3n) is 5.83. The number of nitriles is 1. The summed E-state index contributed by atoms with van der Waals surface area (Å²) in [5.74, 6) is 2.95. The molecule has 0 amide bonds. The molecule has 1 aliphatic carbocycles. The fraction of sp³-hybridized carbons (Fsp3) is 0.476. The molecule has 0 radical (unpaired) electrons. The van der Waals surface area contributed by atoms with Crippen LogP contribution in [-0.4, -0.2) is 29.7 Å².